The molecule has 0 atom stereocenters. The summed E-state index contributed by atoms with van der Waals surface area (Å²) in [5, 5.41) is 3.28. The van der Waals surface area contributed by atoms with Gasteiger partial charge in [0.1, 0.15) is 0 Å². The van der Waals surface area contributed by atoms with Crippen LogP contribution in [-0.4, -0.2) is 29.5 Å². The Labute approximate surface area is 52.6 Å². The fourth-order valence-electron chi connectivity index (χ4n) is 0.826. The summed E-state index contributed by atoms with van der Waals surface area (Å²) < 4.78 is 5.35. The van der Waals surface area contributed by atoms with Crippen LogP contribution in [0, 0.1) is 0 Å². The highest BCUT2D eigenvalue weighted by molar-refractivity contribution is 6.27. The van der Waals surface area contributed by atoms with Crippen molar-refractivity contribution >= 4 is 9.76 Å². The molecule has 0 amide bonds. The Morgan fingerprint density at radius 2 is 2.38 bits per heavy atom. The Morgan fingerprint density at radius 1 is 1.38 bits per heavy atom. The number of rotatable bonds is 0. The lowest BCUT2D eigenvalue weighted by atomic mass is 10.5. The Kier molecular flexibility index (Phi) is 3.18. The Morgan fingerprint density at radius 3 is 3.38 bits per heavy atom. The molecule has 1 N–H and O–H groups in total. The van der Waals surface area contributed by atoms with Crippen molar-refractivity contribution < 1.29 is 4.43 Å². The van der Waals surface area contributed by atoms with E-state index in [4.69, 9.17) is 4.43 Å². The molecule has 0 aromatic heterocycles. The number of nitrogens with one attached hydrogen (secondary N) is 1. The maximum Gasteiger partial charge on any atom is 0.161 e. The molecule has 3 heteroatoms. The summed E-state index contributed by atoms with van der Waals surface area (Å²) in [6.45, 7) is 3.22. The monoisotopic (exact) mass is 131 g/mol. The minimum absolute atomic E-state index is 0.0885. The molecular formula is C5H13NOSi. The second kappa shape index (κ2) is 4.06. The van der Waals surface area contributed by atoms with Gasteiger partial charge in [0.25, 0.3) is 0 Å². The molecule has 0 radical (unpaired) electrons. The molecular weight excluding hydrogens is 118 g/mol. The first-order valence-electron chi connectivity index (χ1n) is 3.28. The van der Waals surface area contributed by atoms with Gasteiger partial charge in [0.2, 0.25) is 0 Å². The van der Waals surface area contributed by atoms with E-state index in [1.807, 2.05) is 0 Å². The quantitative estimate of drug-likeness (QED) is 0.447. The van der Waals surface area contributed by atoms with E-state index in [1.54, 1.807) is 0 Å². The zero-order valence-corrected chi connectivity index (χ0v) is 6.57. The molecule has 0 saturated carbocycles. The van der Waals surface area contributed by atoms with Gasteiger partial charge in [-0.05, 0) is 19.0 Å². The Hall–Kier alpha value is 0.137. The van der Waals surface area contributed by atoms with Gasteiger partial charge < -0.3 is 9.74 Å². The first kappa shape index (κ1) is 6.26. The van der Waals surface area contributed by atoms with Crippen molar-refractivity contribution in [1.29, 1.82) is 0 Å². The van der Waals surface area contributed by atoms with Gasteiger partial charge in [0, 0.05) is 13.2 Å². The average Bonchev–Trinajstić information content (AvgIpc) is 1.62. The predicted octanol–water partition coefficient (Wildman–Crippen LogP) is -0.502. The average molecular weight is 131 g/mol. The van der Waals surface area contributed by atoms with Gasteiger partial charge >= 0.3 is 0 Å². The molecule has 1 aliphatic rings. The van der Waals surface area contributed by atoms with Crippen LogP contribution in [0.1, 0.15) is 6.42 Å². The normalized spacial score (nSPS) is 27.0. The molecule has 0 spiro atoms. The van der Waals surface area contributed by atoms with Crippen LogP contribution in [0.5, 0.6) is 0 Å². The van der Waals surface area contributed by atoms with Crippen LogP contribution in [0.4, 0.5) is 0 Å². The van der Waals surface area contributed by atoms with Gasteiger partial charge in [0.15, 0.2) is 9.76 Å². The molecule has 0 aromatic rings. The summed E-state index contributed by atoms with van der Waals surface area (Å²) in [4.78, 5) is 0. The molecule has 1 heterocycles. The number of hydrogen-bond acceptors (Lipinski definition) is 2. The van der Waals surface area contributed by atoms with Gasteiger partial charge in [-0.15, -0.1) is 0 Å². The second-order valence-electron chi connectivity index (χ2n) is 2.07. The van der Waals surface area contributed by atoms with Crippen LogP contribution in [-0.2, 0) is 4.43 Å². The second-order valence-corrected chi connectivity index (χ2v) is 3.59. The first-order valence-corrected chi connectivity index (χ1v) is 4.86. The standard InChI is InChI=1S/C5H13NOSi/c1-2-6-3-4-7-8-5-1/h6H,1-5,8H2. The van der Waals surface area contributed by atoms with Gasteiger partial charge in [-0.25, -0.2) is 0 Å². The molecule has 2 nitrogen and oxygen atoms in total. The first-order chi connectivity index (χ1) is 4.00. The smallest absolute Gasteiger partial charge is 0.161 e. The molecule has 0 bridgehead atoms. The lowest BCUT2D eigenvalue weighted by Crippen LogP contribution is -2.24. The maximum atomic E-state index is 5.35. The van der Waals surface area contributed by atoms with Crippen LogP contribution in [0.2, 0.25) is 6.04 Å². The summed E-state index contributed by atoms with van der Waals surface area (Å²) in [6.07, 6.45) is 1.33. The van der Waals surface area contributed by atoms with Crippen molar-refractivity contribution in [3.63, 3.8) is 0 Å². The molecule has 48 valence electrons. The van der Waals surface area contributed by atoms with E-state index < -0.39 is 0 Å². The van der Waals surface area contributed by atoms with E-state index in [0.29, 0.717) is 0 Å². The van der Waals surface area contributed by atoms with Crippen molar-refractivity contribution in [1.82, 2.24) is 5.32 Å². The van der Waals surface area contributed by atoms with E-state index in [0.717, 1.165) is 13.2 Å². The third-order valence-corrected chi connectivity index (χ3v) is 2.68. The SMILES string of the molecule is C1CNCCO[SiH2]C1. The van der Waals surface area contributed by atoms with Crippen LogP contribution >= 0.6 is 0 Å². The van der Waals surface area contributed by atoms with Crippen molar-refractivity contribution in [2.24, 2.45) is 0 Å². The van der Waals surface area contributed by atoms with Crippen LogP contribution in [0.15, 0.2) is 0 Å². The van der Waals surface area contributed by atoms with Crippen LogP contribution in [0.25, 0.3) is 0 Å². The fraction of sp³-hybridized carbons (Fsp3) is 1.00. The van der Waals surface area contributed by atoms with E-state index in [-0.39, 0.29) is 9.76 Å². The number of hydrogen-bond donors (Lipinski definition) is 1. The molecule has 0 aliphatic carbocycles. The largest absolute Gasteiger partial charge is 0.423 e. The third-order valence-electron chi connectivity index (χ3n) is 1.32. The molecule has 0 aromatic carbocycles. The lowest BCUT2D eigenvalue weighted by molar-refractivity contribution is 0.321. The van der Waals surface area contributed by atoms with E-state index in [9.17, 15) is 0 Å². The fourth-order valence-corrected chi connectivity index (χ4v) is 1.83. The molecule has 1 saturated heterocycles. The maximum absolute atomic E-state index is 5.35. The van der Waals surface area contributed by atoms with Gasteiger partial charge in [-0.1, -0.05) is 0 Å². The minimum Gasteiger partial charge on any atom is -0.423 e. The summed E-state index contributed by atoms with van der Waals surface area (Å²) in [6, 6.07) is 1.35. The molecule has 8 heavy (non-hydrogen) atoms. The molecule has 1 rings (SSSR count). The topological polar surface area (TPSA) is 21.3 Å². The van der Waals surface area contributed by atoms with Crippen molar-refractivity contribution in [2.75, 3.05) is 19.7 Å². The predicted molar refractivity (Wildman–Crippen MR) is 36.8 cm³/mol. The van der Waals surface area contributed by atoms with Crippen LogP contribution < -0.4 is 5.32 Å². The van der Waals surface area contributed by atoms with Crippen molar-refractivity contribution in [3.05, 3.63) is 0 Å². The van der Waals surface area contributed by atoms with E-state index in [2.05, 4.69) is 5.32 Å². The van der Waals surface area contributed by atoms with Gasteiger partial charge in [-0.2, -0.15) is 0 Å². The Balaban J connectivity index is 2.00. The zero-order chi connectivity index (χ0) is 5.66. The summed E-state index contributed by atoms with van der Waals surface area (Å²) in [5.74, 6) is 0. The van der Waals surface area contributed by atoms with Crippen LogP contribution in [0.3, 0.4) is 0 Å². The minimum atomic E-state index is -0.0885. The highest BCUT2D eigenvalue weighted by Gasteiger charge is 1.94. The van der Waals surface area contributed by atoms with Gasteiger partial charge in [0.05, 0.1) is 0 Å². The highest BCUT2D eigenvalue weighted by atomic mass is 28.2. The molecule has 0 unspecified atom stereocenters. The van der Waals surface area contributed by atoms with Crippen molar-refractivity contribution in [2.45, 2.75) is 12.5 Å². The third kappa shape index (κ3) is 2.45. The summed E-state index contributed by atoms with van der Waals surface area (Å²) >= 11 is 0. The lowest BCUT2D eigenvalue weighted by Gasteiger charge is -2.09. The van der Waals surface area contributed by atoms with E-state index >= 15 is 0 Å². The highest BCUT2D eigenvalue weighted by Crippen LogP contribution is 1.89. The van der Waals surface area contributed by atoms with E-state index in [1.165, 1.54) is 19.0 Å². The summed E-state index contributed by atoms with van der Waals surface area (Å²) in [7, 11) is -0.0885. The molecule has 1 aliphatic heterocycles. The van der Waals surface area contributed by atoms with Gasteiger partial charge in [-0.3, -0.25) is 0 Å². The van der Waals surface area contributed by atoms with Crippen molar-refractivity contribution in [3.8, 4) is 0 Å². The molecule has 1 fully saturated rings. The Bertz CT molecular complexity index is 36.4. The summed E-state index contributed by atoms with van der Waals surface area (Å²) in [5.41, 5.74) is 0. The zero-order valence-electron chi connectivity index (χ0n) is 5.15.